The molecular formula is C13H23N5O. The summed E-state index contributed by atoms with van der Waals surface area (Å²) in [6.07, 6.45) is 1.95. The zero-order valence-corrected chi connectivity index (χ0v) is 12.2. The minimum absolute atomic E-state index is 0.106. The molecule has 19 heavy (non-hydrogen) atoms. The first kappa shape index (κ1) is 13.7. The Morgan fingerprint density at radius 2 is 2.00 bits per heavy atom. The summed E-state index contributed by atoms with van der Waals surface area (Å²) in [4.78, 5) is 15.4. The SMILES string of the molecule is Cc1n[nH]c(C)c1NC1CCN(C(=O)N(C)C)CC1. The topological polar surface area (TPSA) is 64.3 Å². The average Bonchev–Trinajstić information content (AvgIpc) is 2.70. The van der Waals surface area contributed by atoms with Crippen LogP contribution in [-0.2, 0) is 0 Å². The van der Waals surface area contributed by atoms with Crippen molar-refractivity contribution in [3.63, 3.8) is 0 Å². The molecule has 1 aromatic rings. The number of hydrogen-bond acceptors (Lipinski definition) is 3. The van der Waals surface area contributed by atoms with Crippen molar-refractivity contribution in [2.24, 2.45) is 0 Å². The van der Waals surface area contributed by atoms with Crippen LogP contribution in [0.4, 0.5) is 10.5 Å². The van der Waals surface area contributed by atoms with Gasteiger partial charge in [0.25, 0.3) is 0 Å². The third-order valence-electron chi connectivity index (χ3n) is 3.62. The molecule has 0 aromatic carbocycles. The van der Waals surface area contributed by atoms with Crippen LogP contribution in [0.1, 0.15) is 24.2 Å². The third-order valence-corrected chi connectivity index (χ3v) is 3.62. The van der Waals surface area contributed by atoms with E-state index >= 15 is 0 Å². The smallest absolute Gasteiger partial charge is 0.319 e. The highest BCUT2D eigenvalue weighted by molar-refractivity contribution is 5.73. The molecule has 6 heteroatoms. The highest BCUT2D eigenvalue weighted by atomic mass is 16.2. The van der Waals surface area contributed by atoms with Gasteiger partial charge in [0.05, 0.1) is 17.1 Å². The van der Waals surface area contributed by atoms with Crippen LogP contribution in [0.2, 0.25) is 0 Å². The van der Waals surface area contributed by atoms with Crippen molar-refractivity contribution in [2.45, 2.75) is 32.7 Å². The highest BCUT2D eigenvalue weighted by Crippen LogP contribution is 2.21. The molecule has 2 rings (SSSR count). The number of likely N-dealkylation sites (tertiary alicyclic amines) is 1. The summed E-state index contributed by atoms with van der Waals surface area (Å²) in [5.41, 5.74) is 3.19. The van der Waals surface area contributed by atoms with Crippen LogP contribution in [0.3, 0.4) is 0 Å². The zero-order chi connectivity index (χ0) is 14.0. The standard InChI is InChI=1S/C13H23N5O/c1-9-12(10(2)16-15-9)14-11-5-7-18(8-6-11)13(19)17(3)4/h11,14H,5-8H2,1-4H3,(H,15,16). The molecule has 0 bridgehead atoms. The van der Waals surface area contributed by atoms with Crippen LogP contribution >= 0.6 is 0 Å². The number of aromatic amines is 1. The summed E-state index contributed by atoms with van der Waals surface area (Å²) in [6.45, 7) is 5.64. The predicted molar refractivity (Wildman–Crippen MR) is 75.4 cm³/mol. The molecule has 0 radical (unpaired) electrons. The fraction of sp³-hybridized carbons (Fsp3) is 0.692. The van der Waals surface area contributed by atoms with Gasteiger partial charge in [-0.2, -0.15) is 5.10 Å². The monoisotopic (exact) mass is 265 g/mol. The number of H-pyrrole nitrogens is 1. The number of amides is 2. The number of anilines is 1. The summed E-state index contributed by atoms with van der Waals surface area (Å²) in [5.74, 6) is 0. The van der Waals surface area contributed by atoms with E-state index in [9.17, 15) is 4.79 Å². The molecule has 1 aromatic heterocycles. The molecule has 0 unspecified atom stereocenters. The molecule has 0 aliphatic carbocycles. The lowest BCUT2D eigenvalue weighted by molar-refractivity contribution is 0.158. The van der Waals surface area contributed by atoms with Crippen LogP contribution in [0.25, 0.3) is 0 Å². The Morgan fingerprint density at radius 1 is 1.37 bits per heavy atom. The summed E-state index contributed by atoms with van der Waals surface area (Å²) in [5, 5.41) is 10.7. The molecule has 1 aliphatic rings. The van der Waals surface area contributed by atoms with Crippen molar-refractivity contribution >= 4 is 11.7 Å². The lowest BCUT2D eigenvalue weighted by Gasteiger charge is -2.34. The Hall–Kier alpha value is -1.72. The maximum absolute atomic E-state index is 11.8. The maximum atomic E-state index is 11.8. The van der Waals surface area contributed by atoms with E-state index in [-0.39, 0.29) is 6.03 Å². The second kappa shape index (κ2) is 5.50. The minimum atomic E-state index is 0.106. The fourth-order valence-corrected chi connectivity index (χ4v) is 2.47. The fourth-order valence-electron chi connectivity index (χ4n) is 2.47. The molecule has 0 spiro atoms. The quantitative estimate of drug-likeness (QED) is 0.853. The van der Waals surface area contributed by atoms with Gasteiger partial charge < -0.3 is 15.1 Å². The number of hydrogen-bond donors (Lipinski definition) is 2. The second-order valence-electron chi connectivity index (χ2n) is 5.39. The summed E-state index contributed by atoms with van der Waals surface area (Å²) in [6, 6.07) is 0.523. The molecular weight excluding hydrogens is 242 g/mol. The van der Waals surface area contributed by atoms with Crippen LogP contribution in [0.15, 0.2) is 0 Å². The number of piperidine rings is 1. The molecule has 2 amide bonds. The number of carbonyl (C=O) groups excluding carboxylic acids is 1. The number of carbonyl (C=O) groups is 1. The van der Waals surface area contributed by atoms with Crippen molar-refractivity contribution in [1.29, 1.82) is 0 Å². The van der Waals surface area contributed by atoms with E-state index in [1.54, 1.807) is 19.0 Å². The number of nitrogens with zero attached hydrogens (tertiary/aromatic N) is 3. The lowest BCUT2D eigenvalue weighted by atomic mass is 10.0. The Labute approximate surface area is 114 Å². The van der Waals surface area contributed by atoms with Crippen molar-refractivity contribution in [1.82, 2.24) is 20.0 Å². The summed E-state index contributed by atoms with van der Waals surface area (Å²) >= 11 is 0. The van der Waals surface area contributed by atoms with Crippen molar-refractivity contribution in [2.75, 3.05) is 32.5 Å². The Morgan fingerprint density at radius 3 is 2.47 bits per heavy atom. The first-order chi connectivity index (χ1) is 8.99. The van der Waals surface area contributed by atoms with Gasteiger partial charge in [-0.15, -0.1) is 0 Å². The first-order valence-corrected chi connectivity index (χ1v) is 6.73. The van der Waals surface area contributed by atoms with Gasteiger partial charge in [0.15, 0.2) is 0 Å². The van der Waals surface area contributed by atoms with Gasteiger partial charge in [-0.25, -0.2) is 4.79 Å². The molecule has 1 aliphatic heterocycles. The average molecular weight is 265 g/mol. The van der Waals surface area contributed by atoms with Crippen molar-refractivity contribution in [3.05, 3.63) is 11.4 Å². The van der Waals surface area contributed by atoms with Gasteiger partial charge in [-0.05, 0) is 26.7 Å². The molecule has 6 nitrogen and oxygen atoms in total. The number of rotatable bonds is 2. The molecule has 106 valence electrons. The normalized spacial score (nSPS) is 16.5. The van der Waals surface area contributed by atoms with E-state index in [1.807, 2.05) is 18.7 Å². The van der Waals surface area contributed by atoms with Crippen LogP contribution in [0.5, 0.6) is 0 Å². The minimum Gasteiger partial charge on any atom is -0.379 e. The largest absolute Gasteiger partial charge is 0.379 e. The first-order valence-electron chi connectivity index (χ1n) is 6.73. The van der Waals surface area contributed by atoms with Gasteiger partial charge in [0.2, 0.25) is 0 Å². The molecule has 1 fully saturated rings. The highest BCUT2D eigenvalue weighted by Gasteiger charge is 2.24. The van der Waals surface area contributed by atoms with E-state index in [2.05, 4.69) is 15.5 Å². The number of aromatic nitrogens is 2. The van der Waals surface area contributed by atoms with Crippen molar-refractivity contribution < 1.29 is 4.79 Å². The van der Waals surface area contributed by atoms with E-state index in [0.29, 0.717) is 6.04 Å². The molecule has 2 N–H and O–H groups in total. The van der Waals surface area contributed by atoms with E-state index in [0.717, 1.165) is 43.0 Å². The van der Waals surface area contributed by atoms with E-state index in [1.165, 1.54) is 0 Å². The number of nitrogens with one attached hydrogen (secondary N) is 2. The zero-order valence-electron chi connectivity index (χ0n) is 12.2. The van der Waals surface area contributed by atoms with Crippen LogP contribution in [-0.4, -0.2) is 59.3 Å². The van der Waals surface area contributed by atoms with Gasteiger partial charge in [0, 0.05) is 33.2 Å². The van der Waals surface area contributed by atoms with Crippen LogP contribution < -0.4 is 5.32 Å². The van der Waals surface area contributed by atoms with Gasteiger partial charge in [0.1, 0.15) is 0 Å². The van der Waals surface area contributed by atoms with E-state index in [4.69, 9.17) is 0 Å². The summed E-state index contributed by atoms with van der Waals surface area (Å²) < 4.78 is 0. The van der Waals surface area contributed by atoms with Gasteiger partial charge >= 0.3 is 6.03 Å². The van der Waals surface area contributed by atoms with Crippen molar-refractivity contribution in [3.8, 4) is 0 Å². The van der Waals surface area contributed by atoms with Gasteiger partial charge in [-0.1, -0.05) is 0 Å². The molecule has 0 saturated carbocycles. The Kier molecular flexibility index (Phi) is 3.97. The Bertz CT molecular complexity index is 426. The second-order valence-corrected chi connectivity index (χ2v) is 5.39. The molecule has 0 atom stereocenters. The van der Waals surface area contributed by atoms with Gasteiger partial charge in [-0.3, -0.25) is 5.10 Å². The number of urea groups is 1. The molecule has 1 saturated heterocycles. The maximum Gasteiger partial charge on any atom is 0.319 e. The van der Waals surface area contributed by atoms with E-state index < -0.39 is 0 Å². The summed E-state index contributed by atoms with van der Waals surface area (Å²) in [7, 11) is 3.59. The number of aryl methyl sites for hydroxylation is 2. The Balaban J connectivity index is 1.89. The van der Waals surface area contributed by atoms with Crippen LogP contribution in [0, 0.1) is 13.8 Å². The third kappa shape index (κ3) is 3.00. The predicted octanol–water partition coefficient (Wildman–Crippen LogP) is 1.58. The lowest BCUT2D eigenvalue weighted by Crippen LogP contribution is -2.46. The molecule has 2 heterocycles.